The van der Waals surface area contributed by atoms with Crippen molar-refractivity contribution in [3.63, 3.8) is 0 Å². The Kier molecular flexibility index (Phi) is 4.60. The van der Waals surface area contributed by atoms with Crippen LogP contribution in [0.15, 0.2) is 23.1 Å². The second kappa shape index (κ2) is 6.01. The van der Waals surface area contributed by atoms with Crippen LogP contribution in [0.25, 0.3) is 0 Å². The summed E-state index contributed by atoms with van der Waals surface area (Å²) < 4.78 is 5.29. The third kappa shape index (κ3) is 2.94. The minimum Gasteiger partial charge on any atom is -0.480 e. The number of hydrogen-bond acceptors (Lipinski definition) is 3. The van der Waals surface area contributed by atoms with Gasteiger partial charge in [-0.1, -0.05) is 18.9 Å². The van der Waals surface area contributed by atoms with Crippen molar-refractivity contribution < 1.29 is 4.74 Å². The van der Waals surface area contributed by atoms with Gasteiger partial charge in [0.1, 0.15) is 24.0 Å². The average molecular weight is 217 g/mol. The van der Waals surface area contributed by atoms with Crippen LogP contribution in [0.2, 0.25) is 0 Å². The normalized spacial score (nSPS) is 9.00. The van der Waals surface area contributed by atoms with E-state index < -0.39 is 0 Å². The Morgan fingerprint density at radius 2 is 2.33 bits per heavy atom. The maximum atomic E-state index is 9.03. The van der Waals surface area contributed by atoms with Crippen LogP contribution in [0.1, 0.15) is 12.5 Å². The minimum absolute atomic E-state index is 0.189. The Labute approximate surface area is 94.2 Å². The Morgan fingerprint density at radius 1 is 1.53 bits per heavy atom. The maximum Gasteiger partial charge on any atom is 0.148 e. The molecule has 2 nitrogen and oxygen atoms in total. The van der Waals surface area contributed by atoms with E-state index in [1.165, 1.54) is 0 Å². The smallest absolute Gasteiger partial charge is 0.148 e. The zero-order chi connectivity index (χ0) is 11.1. The lowest BCUT2D eigenvalue weighted by Crippen LogP contribution is -1.97. The fourth-order valence-corrected chi connectivity index (χ4v) is 1.91. The number of ether oxygens (including phenoxy) is 1. The van der Waals surface area contributed by atoms with Gasteiger partial charge in [-0.15, -0.1) is 18.2 Å². The van der Waals surface area contributed by atoms with Crippen LogP contribution in [0, 0.1) is 23.7 Å². The van der Waals surface area contributed by atoms with Crippen LogP contribution < -0.4 is 4.74 Å². The van der Waals surface area contributed by atoms with E-state index in [0.29, 0.717) is 11.3 Å². The van der Waals surface area contributed by atoms with Crippen molar-refractivity contribution in [3.8, 4) is 24.2 Å². The lowest BCUT2D eigenvalue weighted by atomic mass is 10.2. The van der Waals surface area contributed by atoms with Gasteiger partial charge >= 0.3 is 0 Å². The average Bonchev–Trinajstić information content (AvgIpc) is 2.27. The molecule has 0 bridgehead atoms. The van der Waals surface area contributed by atoms with Gasteiger partial charge in [0, 0.05) is 4.90 Å². The van der Waals surface area contributed by atoms with Crippen LogP contribution >= 0.6 is 11.8 Å². The predicted molar refractivity (Wildman–Crippen MR) is 61.9 cm³/mol. The largest absolute Gasteiger partial charge is 0.480 e. The monoisotopic (exact) mass is 217 g/mol. The van der Waals surface area contributed by atoms with Crippen LogP contribution in [0.5, 0.6) is 5.75 Å². The van der Waals surface area contributed by atoms with Crippen molar-refractivity contribution in [1.82, 2.24) is 0 Å². The Hall–Kier alpha value is -1.58. The highest BCUT2D eigenvalue weighted by Crippen LogP contribution is 2.29. The van der Waals surface area contributed by atoms with Gasteiger partial charge < -0.3 is 4.74 Å². The number of hydrogen-bond donors (Lipinski definition) is 0. The molecular weight excluding hydrogens is 206 g/mol. The standard InChI is InChI=1S/C12H11NOS/c1-3-8-14-11-6-5-7-12(15-4-2)10(11)9-13/h1,5-7H,4,8H2,2H3. The van der Waals surface area contributed by atoms with Crippen molar-refractivity contribution in [2.45, 2.75) is 11.8 Å². The molecule has 1 rings (SSSR count). The summed E-state index contributed by atoms with van der Waals surface area (Å²) in [6, 6.07) is 7.68. The van der Waals surface area contributed by atoms with E-state index in [4.69, 9.17) is 16.4 Å². The molecule has 0 amide bonds. The molecule has 1 aromatic carbocycles. The number of thioether (sulfide) groups is 1. The highest BCUT2D eigenvalue weighted by atomic mass is 32.2. The first-order valence-electron chi connectivity index (χ1n) is 4.55. The lowest BCUT2D eigenvalue weighted by molar-refractivity contribution is 0.368. The van der Waals surface area contributed by atoms with E-state index in [9.17, 15) is 0 Å². The number of rotatable bonds is 4. The summed E-state index contributed by atoms with van der Waals surface area (Å²) >= 11 is 1.62. The zero-order valence-electron chi connectivity index (χ0n) is 8.49. The highest BCUT2D eigenvalue weighted by Gasteiger charge is 2.08. The molecule has 3 heteroatoms. The first kappa shape index (κ1) is 11.5. The molecule has 0 saturated heterocycles. The molecule has 0 heterocycles. The summed E-state index contributed by atoms with van der Waals surface area (Å²) in [6.07, 6.45) is 5.10. The van der Waals surface area contributed by atoms with Gasteiger partial charge in [-0.2, -0.15) is 5.26 Å². The summed E-state index contributed by atoms with van der Waals surface area (Å²) in [7, 11) is 0. The van der Waals surface area contributed by atoms with E-state index >= 15 is 0 Å². The van der Waals surface area contributed by atoms with E-state index in [2.05, 4.69) is 12.0 Å². The molecule has 0 radical (unpaired) electrons. The molecule has 0 aliphatic rings. The number of nitriles is 1. The molecule has 0 saturated carbocycles. The van der Waals surface area contributed by atoms with Crippen LogP contribution in [0.3, 0.4) is 0 Å². The summed E-state index contributed by atoms with van der Waals surface area (Å²) in [4.78, 5) is 0.939. The summed E-state index contributed by atoms with van der Waals surface area (Å²) in [5, 5.41) is 9.03. The van der Waals surface area contributed by atoms with E-state index in [-0.39, 0.29) is 6.61 Å². The number of terminal acetylenes is 1. The van der Waals surface area contributed by atoms with Gasteiger partial charge in [0.15, 0.2) is 0 Å². The second-order valence-electron chi connectivity index (χ2n) is 2.67. The second-order valence-corrected chi connectivity index (χ2v) is 3.97. The van der Waals surface area contributed by atoms with Crippen LogP contribution in [0.4, 0.5) is 0 Å². The lowest BCUT2D eigenvalue weighted by Gasteiger charge is -2.07. The van der Waals surface area contributed by atoms with Gasteiger partial charge in [0.25, 0.3) is 0 Å². The topological polar surface area (TPSA) is 33.0 Å². The first-order valence-corrected chi connectivity index (χ1v) is 5.54. The Bertz CT molecular complexity index is 415. The van der Waals surface area contributed by atoms with Crippen molar-refractivity contribution in [2.24, 2.45) is 0 Å². The van der Waals surface area contributed by atoms with E-state index in [1.807, 2.05) is 19.1 Å². The quantitative estimate of drug-likeness (QED) is 0.574. The van der Waals surface area contributed by atoms with Crippen molar-refractivity contribution in [2.75, 3.05) is 12.4 Å². The molecule has 0 aromatic heterocycles. The maximum absolute atomic E-state index is 9.03. The first-order chi connectivity index (χ1) is 7.33. The molecule has 76 valence electrons. The molecular formula is C12H11NOS. The molecule has 0 unspecified atom stereocenters. The molecule has 0 atom stereocenters. The molecule has 15 heavy (non-hydrogen) atoms. The zero-order valence-corrected chi connectivity index (χ0v) is 9.30. The van der Waals surface area contributed by atoms with Gasteiger partial charge in [-0.25, -0.2) is 0 Å². The fraction of sp³-hybridized carbons (Fsp3) is 0.250. The number of nitrogens with zero attached hydrogens (tertiary/aromatic N) is 1. The fourth-order valence-electron chi connectivity index (χ4n) is 1.14. The minimum atomic E-state index is 0.189. The van der Waals surface area contributed by atoms with Gasteiger partial charge in [-0.05, 0) is 17.9 Å². The van der Waals surface area contributed by atoms with Crippen molar-refractivity contribution in [1.29, 1.82) is 5.26 Å². The van der Waals surface area contributed by atoms with Crippen molar-refractivity contribution >= 4 is 11.8 Å². The highest BCUT2D eigenvalue weighted by molar-refractivity contribution is 7.99. The SMILES string of the molecule is C#CCOc1cccc(SCC)c1C#N. The molecule has 1 aromatic rings. The Balaban J connectivity index is 3.01. The molecule has 0 fully saturated rings. The molecule has 0 N–H and O–H groups in total. The summed E-state index contributed by atoms with van der Waals surface area (Å²) in [5.41, 5.74) is 0.569. The summed E-state index contributed by atoms with van der Waals surface area (Å²) in [5.74, 6) is 3.87. The van der Waals surface area contributed by atoms with Crippen LogP contribution in [-0.4, -0.2) is 12.4 Å². The van der Waals surface area contributed by atoms with Gasteiger partial charge in [0.05, 0.1) is 0 Å². The van der Waals surface area contributed by atoms with E-state index in [1.54, 1.807) is 17.8 Å². The molecule has 0 aliphatic carbocycles. The Morgan fingerprint density at radius 3 is 2.93 bits per heavy atom. The van der Waals surface area contributed by atoms with Gasteiger partial charge in [0.2, 0.25) is 0 Å². The van der Waals surface area contributed by atoms with Gasteiger partial charge in [-0.3, -0.25) is 0 Å². The third-order valence-electron chi connectivity index (χ3n) is 1.71. The predicted octanol–water partition coefficient (Wildman–Crippen LogP) is 2.68. The van der Waals surface area contributed by atoms with E-state index in [0.717, 1.165) is 10.6 Å². The van der Waals surface area contributed by atoms with Crippen LogP contribution in [-0.2, 0) is 0 Å². The summed E-state index contributed by atoms with van der Waals surface area (Å²) in [6.45, 7) is 2.23. The number of benzene rings is 1. The van der Waals surface area contributed by atoms with Crippen molar-refractivity contribution in [3.05, 3.63) is 23.8 Å². The molecule has 0 aliphatic heterocycles. The third-order valence-corrected chi connectivity index (χ3v) is 2.65. The molecule has 0 spiro atoms.